The van der Waals surface area contributed by atoms with Crippen molar-refractivity contribution in [1.82, 2.24) is 4.90 Å². The standard InChI is InChI=1S/C26H32N2O4S/c1-25(2)13-22-14-26(3,17-25)18-28(22)24(30)20-11-9-19(10-12-20)15-33(31,32)16-23(29)27-21-7-5-4-6-8-21/h4-12,22H,13-18H2,1-3H3,(H,27,29). The Morgan fingerprint density at radius 1 is 1.00 bits per heavy atom. The normalized spacial score (nSPS) is 23.8. The molecule has 4 rings (SSSR count). The molecule has 2 unspecified atom stereocenters. The average molecular weight is 469 g/mol. The van der Waals surface area contributed by atoms with E-state index in [1.165, 1.54) is 0 Å². The van der Waals surface area contributed by atoms with E-state index in [0.717, 1.165) is 25.8 Å². The number of sulfone groups is 1. The lowest BCUT2D eigenvalue weighted by molar-refractivity contribution is -0.113. The zero-order valence-corrected chi connectivity index (χ0v) is 20.3. The Kier molecular flexibility index (Phi) is 6.12. The molecule has 2 aliphatic rings. The highest BCUT2D eigenvalue weighted by molar-refractivity contribution is 7.91. The lowest BCUT2D eigenvalue weighted by Gasteiger charge is -2.39. The molecule has 2 amide bonds. The number of hydrogen-bond acceptors (Lipinski definition) is 4. The third kappa shape index (κ3) is 5.64. The number of nitrogens with one attached hydrogen (secondary N) is 1. The minimum atomic E-state index is -3.64. The van der Waals surface area contributed by atoms with E-state index >= 15 is 0 Å². The minimum absolute atomic E-state index is 0.0121. The second-order valence-corrected chi connectivity index (χ2v) is 12.9. The summed E-state index contributed by atoms with van der Waals surface area (Å²) in [6.45, 7) is 7.60. The fourth-order valence-corrected chi connectivity index (χ4v) is 7.10. The van der Waals surface area contributed by atoms with Crippen molar-refractivity contribution >= 4 is 27.3 Å². The molecule has 2 bridgehead atoms. The maximum atomic E-state index is 13.2. The van der Waals surface area contributed by atoms with Gasteiger partial charge in [-0.05, 0) is 59.9 Å². The van der Waals surface area contributed by atoms with Crippen LogP contribution < -0.4 is 5.32 Å². The van der Waals surface area contributed by atoms with E-state index in [9.17, 15) is 18.0 Å². The van der Waals surface area contributed by atoms with Gasteiger partial charge in [-0.1, -0.05) is 51.1 Å². The van der Waals surface area contributed by atoms with Crippen molar-refractivity contribution < 1.29 is 18.0 Å². The molecule has 1 heterocycles. The van der Waals surface area contributed by atoms with Crippen LogP contribution in [0.4, 0.5) is 5.69 Å². The number of hydrogen-bond donors (Lipinski definition) is 1. The molecule has 7 heteroatoms. The van der Waals surface area contributed by atoms with E-state index in [1.807, 2.05) is 11.0 Å². The predicted octanol–water partition coefficient (Wildman–Crippen LogP) is 4.28. The van der Waals surface area contributed by atoms with Crippen molar-refractivity contribution in [3.63, 3.8) is 0 Å². The first kappa shape index (κ1) is 23.5. The summed E-state index contributed by atoms with van der Waals surface area (Å²) >= 11 is 0. The quantitative estimate of drug-likeness (QED) is 0.686. The summed E-state index contributed by atoms with van der Waals surface area (Å²) < 4.78 is 25.0. The van der Waals surface area contributed by atoms with Crippen LogP contribution in [0.1, 0.15) is 56.0 Å². The van der Waals surface area contributed by atoms with E-state index in [1.54, 1.807) is 48.5 Å². The zero-order valence-electron chi connectivity index (χ0n) is 19.5. The van der Waals surface area contributed by atoms with Crippen molar-refractivity contribution in [3.8, 4) is 0 Å². The number of nitrogens with zero attached hydrogens (tertiary/aromatic N) is 1. The van der Waals surface area contributed by atoms with Crippen LogP contribution >= 0.6 is 0 Å². The summed E-state index contributed by atoms with van der Waals surface area (Å²) in [5, 5.41) is 2.60. The zero-order chi connectivity index (χ0) is 23.9. The van der Waals surface area contributed by atoms with Gasteiger partial charge in [-0.25, -0.2) is 8.42 Å². The molecule has 33 heavy (non-hydrogen) atoms. The van der Waals surface area contributed by atoms with Crippen molar-refractivity contribution in [3.05, 3.63) is 65.7 Å². The Morgan fingerprint density at radius 2 is 1.67 bits per heavy atom. The first-order chi connectivity index (χ1) is 15.4. The van der Waals surface area contributed by atoms with Crippen LogP contribution in [0.25, 0.3) is 0 Å². The molecule has 6 nitrogen and oxygen atoms in total. The fourth-order valence-electron chi connectivity index (χ4n) is 5.83. The summed E-state index contributed by atoms with van der Waals surface area (Å²) in [6.07, 6.45) is 3.17. The molecule has 2 atom stereocenters. The average Bonchev–Trinajstić information content (AvgIpc) is 2.96. The van der Waals surface area contributed by atoms with Gasteiger partial charge in [0, 0.05) is 23.8 Å². The van der Waals surface area contributed by atoms with Gasteiger partial charge in [-0.3, -0.25) is 9.59 Å². The summed E-state index contributed by atoms with van der Waals surface area (Å²) in [5.74, 6) is -1.39. The van der Waals surface area contributed by atoms with Gasteiger partial charge in [-0.15, -0.1) is 0 Å². The highest BCUT2D eigenvalue weighted by atomic mass is 32.2. The summed E-state index contributed by atoms with van der Waals surface area (Å²) in [7, 11) is -3.64. The highest BCUT2D eigenvalue weighted by Gasteiger charge is 2.51. The van der Waals surface area contributed by atoms with Gasteiger partial charge in [0.25, 0.3) is 5.91 Å². The number of rotatable bonds is 6. The molecule has 176 valence electrons. The third-order valence-corrected chi connectivity index (χ3v) is 8.15. The summed E-state index contributed by atoms with van der Waals surface area (Å²) in [5.41, 5.74) is 2.09. The molecular weight excluding hydrogens is 436 g/mol. The van der Waals surface area contributed by atoms with E-state index in [0.29, 0.717) is 16.8 Å². The van der Waals surface area contributed by atoms with E-state index < -0.39 is 21.5 Å². The van der Waals surface area contributed by atoms with Gasteiger partial charge in [-0.2, -0.15) is 0 Å². The first-order valence-electron chi connectivity index (χ1n) is 11.4. The second-order valence-electron chi connectivity index (χ2n) is 10.8. The molecular formula is C26H32N2O4S. The molecule has 1 saturated heterocycles. The molecule has 2 aromatic rings. The van der Waals surface area contributed by atoms with Crippen LogP contribution in [0.3, 0.4) is 0 Å². The molecule has 2 aromatic carbocycles. The summed E-state index contributed by atoms with van der Waals surface area (Å²) in [6, 6.07) is 15.8. The lowest BCUT2D eigenvalue weighted by Crippen LogP contribution is -2.37. The van der Waals surface area contributed by atoms with Crippen molar-refractivity contribution in [2.45, 2.75) is 51.8 Å². The largest absolute Gasteiger partial charge is 0.335 e. The van der Waals surface area contributed by atoms with Gasteiger partial charge in [0.1, 0.15) is 5.75 Å². The maximum absolute atomic E-state index is 13.2. The number of carbonyl (C=O) groups is 2. The summed E-state index contributed by atoms with van der Waals surface area (Å²) in [4.78, 5) is 27.4. The number of fused-ring (bicyclic) bond motifs is 2. The van der Waals surface area contributed by atoms with Gasteiger partial charge in [0.2, 0.25) is 5.91 Å². The number of amides is 2. The Balaban J connectivity index is 1.38. The highest BCUT2D eigenvalue weighted by Crippen LogP contribution is 2.52. The Hall–Kier alpha value is -2.67. The molecule has 0 radical (unpaired) electrons. The topological polar surface area (TPSA) is 83.6 Å². The Labute approximate surface area is 196 Å². The molecule has 0 aromatic heterocycles. The van der Waals surface area contributed by atoms with Crippen LogP contribution in [0.5, 0.6) is 0 Å². The van der Waals surface area contributed by atoms with Crippen molar-refractivity contribution in [2.75, 3.05) is 17.6 Å². The minimum Gasteiger partial charge on any atom is -0.335 e. The number of carbonyl (C=O) groups excluding carboxylic acids is 2. The van der Waals surface area contributed by atoms with Crippen LogP contribution in [0.15, 0.2) is 54.6 Å². The number of likely N-dealkylation sites (tertiary alicyclic amines) is 1. The van der Waals surface area contributed by atoms with Gasteiger partial charge < -0.3 is 10.2 Å². The molecule has 1 aliphatic carbocycles. The van der Waals surface area contributed by atoms with Crippen molar-refractivity contribution in [1.29, 1.82) is 0 Å². The number of anilines is 1. The SMILES string of the molecule is CC1(C)CC2CC(C)(CN2C(=O)c2ccc(CS(=O)(=O)CC(=O)Nc3ccccc3)cc2)C1. The lowest BCUT2D eigenvalue weighted by atomic mass is 9.65. The molecule has 1 aliphatic heterocycles. The van der Waals surface area contributed by atoms with Crippen LogP contribution in [0.2, 0.25) is 0 Å². The molecule has 1 N–H and O–H groups in total. The fraction of sp³-hybridized carbons (Fsp3) is 0.462. The van der Waals surface area contributed by atoms with Crippen LogP contribution in [-0.4, -0.2) is 43.5 Å². The van der Waals surface area contributed by atoms with Gasteiger partial charge in [0.15, 0.2) is 9.84 Å². The van der Waals surface area contributed by atoms with Crippen LogP contribution in [0, 0.1) is 10.8 Å². The second kappa shape index (κ2) is 8.60. The Morgan fingerprint density at radius 3 is 2.33 bits per heavy atom. The Bertz CT molecular complexity index is 1140. The third-order valence-electron chi connectivity index (χ3n) is 6.67. The van der Waals surface area contributed by atoms with Crippen molar-refractivity contribution in [2.24, 2.45) is 10.8 Å². The molecule has 2 fully saturated rings. The van der Waals surface area contributed by atoms with Gasteiger partial charge >= 0.3 is 0 Å². The van der Waals surface area contributed by atoms with E-state index in [-0.39, 0.29) is 28.5 Å². The molecule has 0 spiro atoms. The smallest absolute Gasteiger partial charge is 0.254 e. The van der Waals surface area contributed by atoms with Gasteiger partial charge in [0.05, 0.1) is 5.75 Å². The molecule has 1 saturated carbocycles. The number of benzene rings is 2. The predicted molar refractivity (Wildman–Crippen MR) is 130 cm³/mol. The number of para-hydroxylation sites is 1. The monoisotopic (exact) mass is 468 g/mol. The van der Waals surface area contributed by atoms with E-state index in [4.69, 9.17) is 0 Å². The maximum Gasteiger partial charge on any atom is 0.254 e. The first-order valence-corrected chi connectivity index (χ1v) is 13.2. The van der Waals surface area contributed by atoms with E-state index in [2.05, 4.69) is 26.1 Å². The van der Waals surface area contributed by atoms with Crippen LogP contribution in [-0.2, 0) is 20.4 Å².